The summed E-state index contributed by atoms with van der Waals surface area (Å²) in [5.74, 6) is 0. The summed E-state index contributed by atoms with van der Waals surface area (Å²) < 4.78 is 32.4. The Morgan fingerprint density at radius 1 is 1.08 bits per heavy atom. The van der Waals surface area contributed by atoms with Crippen molar-refractivity contribution in [3.8, 4) is 11.3 Å². The monoisotopic (exact) mass is 351 g/mol. The van der Waals surface area contributed by atoms with E-state index in [1.807, 2.05) is 55.5 Å². The third kappa shape index (κ3) is 3.38. The second-order valence-electron chi connectivity index (χ2n) is 5.57. The van der Waals surface area contributed by atoms with E-state index in [4.69, 9.17) is 0 Å². The van der Waals surface area contributed by atoms with Crippen LogP contribution in [0.4, 0.5) is 0 Å². The molecule has 1 heterocycles. The van der Waals surface area contributed by atoms with Gasteiger partial charge in [0.25, 0.3) is 10.1 Å². The van der Waals surface area contributed by atoms with Gasteiger partial charge in [-0.25, -0.2) is 4.98 Å². The van der Waals surface area contributed by atoms with E-state index in [9.17, 15) is 13.0 Å². The van der Waals surface area contributed by atoms with E-state index >= 15 is 0 Å². The zero-order valence-electron chi connectivity index (χ0n) is 13.7. The van der Waals surface area contributed by atoms with E-state index in [-0.39, 0.29) is 4.90 Å². The van der Waals surface area contributed by atoms with Crippen LogP contribution in [0.15, 0.2) is 65.6 Å². The molecule has 25 heavy (non-hydrogen) atoms. The first-order chi connectivity index (χ1) is 11.9. The highest BCUT2D eigenvalue weighted by Crippen LogP contribution is 2.26. The Morgan fingerprint density at radius 2 is 1.80 bits per heavy atom. The molecule has 0 saturated carbocycles. The summed E-state index contributed by atoms with van der Waals surface area (Å²) in [5.41, 5.74) is 1.50. The fourth-order valence-corrected chi connectivity index (χ4v) is 3.18. The average molecular weight is 351 g/mol. The second-order valence-corrected chi connectivity index (χ2v) is 6.99. The number of aromatic nitrogens is 1. The van der Waals surface area contributed by atoms with E-state index in [2.05, 4.69) is 11.6 Å². The molecule has 4 nitrogen and oxygen atoms in total. The zero-order valence-corrected chi connectivity index (χ0v) is 14.5. The molecule has 3 rings (SSSR count). The average Bonchev–Trinajstić information content (AvgIpc) is 2.61. The molecule has 3 aromatic rings. The zero-order chi connectivity index (χ0) is 18.0. The Morgan fingerprint density at radius 3 is 2.44 bits per heavy atom. The van der Waals surface area contributed by atoms with Crippen molar-refractivity contribution in [3.63, 3.8) is 0 Å². The van der Waals surface area contributed by atoms with Crippen molar-refractivity contribution in [1.82, 2.24) is 4.98 Å². The number of benzene rings is 2. The summed E-state index contributed by atoms with van der Waals surface area (Å²) in [7, 11) is -4.30. The molecule has 5 heteroatoms. The number of nitrogens with zero attached hydrogens (tertiary/aromatic N) is 1. The largest absolute Gasteiger partial charge is 0.294 e. The third-order valence-electron chi connectivity index (χ3n) is 3.90. The summed E-state index contributed by atoms with van der Waals surface area (Å²) in [5, 5.41) is 2.83. The molecular formula is C20H17NO3S. The van der Waals surface area contributed by atoms with Crippen LogP contribution >= 0.6 is 0 Å². The Hall–Kier alpha value is -2.76. The standard InChI is InChI=1S/C20H17NO3S/c1-3-4-10-19-14(2)17-12-11-16(25(22,23)24)13-18(17)20(21-19)15-8-6-5-7-9-15/h3-13H,2H2,1H3,(H,22,23,24)/b4-3-,19-10+. The van der Waals surface area contributed by atoms with Crippen molar-refractivity contribution < 1.29 is 13.0 Å². The van der Waals surface area contributed by atoms with Gasteiger partial charge in [0.2, 0.25) is 0 Å². The molecule has 0 amide bonds. The van der Waals surface area contributed by atoms with Gasteiger partial charge in [-0.15, -0.1) is 0 Å². The summed E-state index contributed by atoms with van der Waals surface area (Å²) in [6.45, 7) is 6.00. The Bertz CT molecular complexity index is 1180. The van der Waals surface area contributed by atoms with Crippen molar-refractivity contribution >= 4 is 33.5 Å². The number of fused-ring (bicyclic) bond motifs is 1. The smallest absolute Gasteiger partial charge is 0.282 e. The van der Waals surface area contributed by atoms with Crippen molar-refractivity contribution in [2.24, 2.45) is 0 Å². The molecule has 0 radical (unpaired) electrons. The molecule has 0 saturated heterocycles. The molecular weight excluding hydrogens is 334 g/mol. The molecule has 0 atom stereocenters. The highest BCUT2D eigenvalue weighted by molar-refractivity contribution is 7.85. The van der Waals surface area contributed by atoms with Crippen LogP contribution in [0.5, 0.6) is 0 Å². The lowest BCUT2D eigenvalue weighted by Crippen LogP contribution is -2.28. The molecule has 0 fully saturated rings. The van der Waals surface area contributed by atoms with Crippen LogP contribution < -0.4 is 10.6 Å². The fraction of sp³-hybridized carbons (Fsp3) is 0.0500. The van der Waals surface area contributed by atoms with E-state index in [0.29, 0.717) is 21.6 Å². The number of pyridine rings is 1. The lowest BCUT2D eigenvalue weighted by atomic mass is 10.0. The topological polar surface area (TPSA) is 67.3 Å². The normalized spacial score (nSPS) is 13.0. The molecule has 1 N–H and O–H groups in total. The van der Waals surface area contributed by atoms with Gasteiger partial charge in [0.15, 0.2) is 0 Å². The number of hydrogen-bond acceptors (Lipinski definition) is 3. The summed E-state index contributed by atoms with van der Waals surface area (Å²) >= 11 is 0. The SMILES string of the molecule is C=c1/c(=C\C=C/C)nc(-c2ccccc2)c2cc(S(=O)(=O)O)ccc12. The van der Waals surface area contributed by atoms with Gasteiger partial charge in [0, 0.05) is 16.2 Å². The molecule has 2 aromatic carbocycles. The van der Waals surface area contributed by atoms with Crippen LogP contribution in [0.3, 0.4) is 0 Å². The molecule has 126 valence electrons. The third-order valence-corrected chi connectivity index (χ3v) is 4.75. The maximum atomic E-state index is 11.5. The first-order valence-electron chi connectivity index (χ1n) is 7.70. The minimum atomic E-state index is -4.30. The van der Waals surface area contributed by atoms with Gasteiger partial charge >= 0.3 is 0 Å². The van der Waals surface area contributed by atoms with Crippen LogP contribution in [0.1, 0.15) is 6.92 Å². The quantitative estimate of drug-likeness (QED) is 0.737. The lowest BCUT2D eigenvalue weighted by molar-refractivity contribution is 0.483. The van der Waals surface area contributed by atoms with E-state index < -0.39 is 10.1 Å². The molecule has 0 aliphatic carbocycles. The molecule has 0 aliphatic heterocycles. The van der Waals surface area contributed by atoms with Crippen molar-refractivity contribution in [3.05, 3.63) is 71.3 Å². The predicted octanol–water partition coefficient (Wildman–Crippen LogP) is 2.92. The van der Waals surface area contributed by atoms with Crippen molar-refractivity contribution in [1.29, 1.82) is 0 Å². The van der Waals surface area contributed by atoms with Gasteiger partial charge < -0.3 is 0 Å². The van der Waals surface area contributed by atoms with Crippen LogP contribution in [-0.2, 0) is 10.1 Å². The van der Waals surface area contributed by atoms with Gasteiger partial charge in [-0.2, -0.15) is 8.42 Å². The van der Waals surface area contributed by atoms with E-state index in [1.165, 1.54) is 12.1 Å². The molecule has 0 spiro atoms. The minimum Gasteiger partial charge on any atom is -0.282 e. The van der Waals surface area contributed by atoms with Crippen LogP contribution in [0.25, 0.3) is 34.7 Å². The van der Waals surface area contributed by atoms with Gasteiger partial charge in [0.05, 0.1) is 15.9 Å². The lowest BCUT2D eigenvalue weighted by Gasteiger charge is -2.09. The summed E-state index contributed by atoms with van der Waals surface area (Å²) in [6, 6.07) is 14.0. The molecule has 0 bridgehead atoms. The van der Waals surface area contributed by atoms with Gasteiger partial charge in [-0.3, -0.25) is 4.55 Å². The Balaban J connectivity index is 2.49. The number of allylic oxidation sites excluding steroid dienone is 2. The fourth-order valence-electron chi connectivity index (χ4n) is 2.67. The van der Waals surface area contributed by atoms with Crippen LogP contribution in [0, 0.1) is 0 Å². The van der Waals surface area contributed by atoms with E-state index in [0.717, 1.165) is 10.9 Å². The highest BCUT2D eigenvalue weighted by atomic mass is 32.2. The Labute approximate surface area is 146 Å². The van der Waals surface area contributed by atoms with Crippen molar-refractivity contribution in [2.45, 2.75) is 11.8 Å². The Kier molecular flexibility index (Phi) is 4.53. The molecule has 0 aliphatic rings. The minimum absolute atomic E-state index is 0.163. The highest BCUT2D eigenvalue weighted by Gasteiger charge is 2.14. The maximum absolute atomic E-state index is 11.5. The first kappa shape index (κ1) is 17.1. The van der Waals surface area contributed by atoms with Gasteiger partial charge in [0.1, 0.15) is 0 Å². The predicted molar refractivity (Wildman–Crippen MR) is 101 cm³/mol. The molecule has 1 aromatic heterocycles. The molecule has 0 unspecified atom stereocenters. The van der Waals surface area contributed by atoms with E-state index in [1.54, 1.807) is 6.07 Å². The van der Waals surface area contributed by atoms with Gasteiger partial charge in [-0.05, 0) is 30.5 Å². The summed E-state index contributed by atoms with van der Waals surface area (Å²) in [4.78, 5) is 4.52. The maximum Gasteiger partial charge on any atom is 0.294 e. The van der Waals surface area contributed by atoms with Crippen LogP contribution in [-0.4, -0.2) is 18.0 Å². The summed E-state index contributed by atoms with van der Waals surface area (Å²) in [6.07, 6.45) is 5.64. The second kappa shape index (κ2) is 6.63. The number of hydrogen-bond donors (Lipinski definition) is 1. The first-order valence-corrected chi connectivity index (χ1v) is 9.14. The number of rotatable bonds is 3. The van der Waals surface area contributed by atoms with Crippen LogP contribution in [0.2, 0.25) is 0 Å². The van der Waals surface area contributed by atoms with Crippen molar-refractivity contribution in [2.75, 3.05) is 0 Å². The van der Waals surface area contributed by atoms with Gasteiger partial charge in [-0.1, -0.05) is 55.1 Å².